The fourth-order valence-electron chi connectivity index (χ4n) is 3.95. The summed E-state index contributed by atoms with van der Waals surface area (Å²) in [5.41, 5.74) is 1.30. The maximum Gasteiger partial charge on any atom is 0.254 e. The van der Waals surface area contributed by atoms with E-state index in [9.17, 15) is 18.0 Å². The van der Waals surface area contributed by atoms with E-state index in [4.69, 9.17) is 0 Å². The number of nitrogens with zero attached hydrogens (tertiary/aromatic N) is 3. The molecule has 0 aromatic carbocycles. The molecule has 0 radical (unpaired) electrons. The first-order chi connectivity index (χ1) is 14.8. The first-order valence-electron chi connectivity index (χ1n) is 10.5. The molecule has 2 amide bonds. The Labute approximate surface area is 190 Å². The molecule has 0 unspecified atom stereocenters. The second-order valence-corrected chi connectivity index (χ2v) is 11.9. The van der Waals surface area contributed by atoms with Crippen molar-refractivity contribution in [1.29, 1.82) is 0 Å². The highest BCUT2D eigenvalue weighted by Gasteiger charge is 2.34. The average Bonchev–Trinajstić information content (AvgIpc) is 3.43. The number of carbonyl (C=O) groups excluding carboxylic acids is 2. The van der Waals surface area contributed by atoms with E-state index in [1.165, 1.54) is 21.7 Å². The molecule has 31 heavy (non-hydrogen) atoms. The third-order valence-electron chi connectivity index (χ3n) is 5.73. The van der Waals surface area contributed by atoms with Gasteiger partial charge in [-0.3, -0.25) is 9.59 Å². The number of nitrogens with one attached hydrogen (secondary N) is 1. The predicted octanol–water partition coefficient (Wildman–Crippen LogP) is 3.18. The summed E-state index contributed by atoms with van der Waals surface area (Å²) >= 11 is 2.47. The van der Waals surface area contributed by atoms with E-state index in [1.807, 2.05) is 12.3 Å². The van der Waals surface area contributed by atoms with Crippen LogP contribution < -0.4 is 5.32 Å². The highest BCUT2D eigenvalue weighted by atomic mass is 32.2. The van der Waals surface area contributed by atoms with Crippen molar-refractivity contribution in [2.75, 3.05) is 31.5 Å². The molecule has 168 valence electrons. The van der Waals surface area contributed by atoms with Gasteiger partial charge >= 0.3 is 0 Å². The van der Waals surface area contributed by atoms with Gasteiger partial charge in [0.05, 0.1) is 11.3 Å². The monoisotopic (exact) mass is 482 g/mol. The topological polar surface area (TPSA) is 99.7 Å². The zero-order chi connectivity index (χ0) is 22.0. The Morgan fingerprint density at radius 3 is 2.42 bits per heavy atom. The SMILES string of the molecule is Cc1csc(NC(=O)C2CCN(S(=O)(=O)c3cc(C(=O)N4CCCCC4)cs3)CC2)n1. The first-order valence-corrected chi connectivity index (χ1v) is 13.7. The van der Waals surface area contributed by atoms with Crippen LogP contribution in [0.2, 0.25) is 0 Å². The molecule has 11 heteroatoms. The van der Waals surface area contributed by atoms with E-state index in [2.05, 4.69) is 10.3 Å². The summed E-state index contributed by atoms with van der Waals surface area (Å²) in [5, 5.41) is 6.91. The van der Waals surface area contributed by atoms with Crippen molar-refractivity contribution in [2.45, 2.75) is 43.2 Å². The van der Waals surface area contributed by atoms with Crippen molar-refractivity contribution in [3.8, 4) is 0 Å². The van der Waals surface area contributed by atoms with Crippen molar-refractivity contribution in [1.82, 2.24) is 14.2 Å². The minimum atomic E-state index is -3.67. The van der Waals surface area contributed by atoms with Crippen LogP contribution in [0.25, 0.3) is 0 Å². The Morgan fingerprint density at radius 1 is 1.06 bits per heavy atom. The summed E-state index contributed by atoms with van der Waals surface area (Å²) in [4.78, 5) is 31.2. The number of amides is 2. The molecule has 0 bridgehead atoms. The molecule has 2 saturated heterocycles. The third-order valence-corrected chi connectivity index (χ3v) is 9.92. The van der Waals surface area contributed by atoms with Crippen LogP contribution in [0.15, 0.2) is 21.0 Å². The van der Waals surface area contributed by atoms with Crippen LogP contribution in [0.1, 0.15) is 48.2 Å². The molecule has 8 nitrogen and oxygen atoms in total. The molecule has 0 spiro atoms. The van der Waals surface area contributed by atoms with Crippen LogP contribution in [0.3, 0.4) is 0 Å². The van der Waals surface area contributed by atoms with Gasteiger partial charge in [0.2, 0.25) is 5.91 Å². The van der Waals surface area contributed by atoms with Gasteiger partial charge in [-0.25, -0.2) is 13.4 Å². The van der Waals surface area contributed by atoms with E-state index in [1.54, 1.807) is 10.3 Å². The number of thiazole rings is 1. The van der Waals surface area contributed by atoms with Crippen molar-refractivity contribution in [2.24, 2.45) is 5.92 Å². The van der Waals surface area contributed by atoms with Gasteiger partial charge in [-0.1, -0.05) is 0 Å². The smallest absolute Gasteiger partial charge is 0.254 e. The Kier molecular flexibility index (Phi) is 6.75. The lowest BCUT2D eigenvalue weighted by Crippen LogP contribution is -2.41. The highest BCUT2D eigenvalue weighted by molar-refractivity contribution is 7.91. The lowest BCUT2D eigenvalue weighted by atomic mass is 9.97. The molecule has 4 heterocycles. The van der Waals surface area contributed by atoms with Gasteiger partial charge in [0.15, 0.2) is 5.13 Å². The van der Waals surface area contributed by atoms with Crippen LogP contribution in [0.5, 0.6) is 0 Å². The zero-order valence-corrected chi connectivity index (χ0v) is 19.8. The number of hydrogen-bond donors (Lipinski definition) is 1. The lowest BCUT2D eigenvalue weighted by Gasteiger charge is -2.30. The number of likely N-dealkylation sites (tertiary alicyclic amines) is 1. The molecule has 2 fully saturated rings. The van der Waals surface area contributed by atoms with Gasteiger partial charge in [-0.2, -0.15) is 4.31 Å². The number of piperidine rings is 2. The van der Waals surface area contributed by atoms with E-state index >= 15 is 0 Å². The number of anilines is 1. The molecule has 0 atom stereocenters. The standard InChI is InChI=1S/C20H26N4O4S3/c1-14-12-30-20(21-14)22-18(25)15-5-9-24(10-6-15)31(27,28)17-11-16(13-29-17)19(26)23-7-3-2-4-8-23/h11-13,15H,2-10H2,1H3,(H,21,22,25). The first kappa shape index (κ1) is 22.4. The summed E-state index contributed by atoms with van der Waals surface area (Å²) in [7, 11) is -3.67. The summed E-state index contributed by atoms with van der Waals surface area (Å²) in [6.07, 6.45) is 4.03. The van der Waals surface area contributed by atoms with E-state index in [0.717, 1.165) is 49.4 Å². The van der Waals surface area contributed by atoms with Gasteiger partial charge in [0, 0.05) is 42.9 Å². The third kappa shape index (κ3) is 5.00. The zero-order valence-electron chi connectivity index (χ0n) is 17.4. The quantitative estimate of drug-likeness (QED) is 0.706. The van der Waals surface area contributed by atoms with E-state index < -0.39 is 10.0 Å². The molecule has 2 aromatic heterocycles. The lowest BCUT2D eigenvalue weighted by molar-refractivity contribution is -0.120. The number of aromatic nitrogens is 1. The second-order valence-electron chi connectivity index (χ2n) is 7.97. The largest absolute Gasteiger partial charge is 0.339 e. The molecule has 2 aliphatic heterocycles. The summed E-state index contributed by atoms with van der Waals surface area (Å²) in [6, 6.07) is 1.50. The molecular weight excluding hydrogens is 456 g/mol. The number of sulfonamides is 1. The maximum absolute atomic E-state index is 13.1. The molecule has 2 aliphatic rings. The van der Waals surface area contributed by atoms with Gasteiger partial charge in [0.25, 0.3) is 15.9 Å². The summed E-state index contributed by atoms with van der Waals surface area (Å²) in [6.45, 7) is 3.89. The number of rotatable bonds is 5. The molecule has 4 rings (SSSR count). The average molecular weight is 483 g/mol. The molecule has 0 saturated carbocycles. The van der Waals surface area contributed by atoms with Crippen molar-refractivity contribution >= 4 is 49.6 Å². The molecule has 1 N–H and O–H groups in total. The van der Waals surface area contributed by atoms with Crippen LogP contribution in [-0.2, 0) is 14.8 Å². The van der Waals surface area contributed by atoms with Crippen molar-refractivity contribution < 1.29 is 18.0 Å². The Hall–Kier alpha value is -1.82. The second kappa shape index (κ2) is 9.35. The molecular formula is C20H26N4O4S3. The highest BCUT2D eigenvalue weighted by Crippen LogP contribution is 2.29. The number of hydrogen-bond acceptors (Lipinski definition) is 7. The van der Waals surface area contributed by atoms with Crippen LogP contribution >= 0.6 is 22.7 Å². The Morgan fingerprint density at radius 2 is 1.77 bits per heavy atom. The van der Waals surface area contributed by atoms with Gasteiger partial charge < -0.3 is 10.2 Å². The van der Waals surface area contributed by atoms with Gasteiger partial charge in [-0.05, 0) is 45.1 Å². The summed E-state index contributed by atoms with van der Waals surface area (Å²) < 4.78 is 27.8. The van der Waals surface area contributed by atoms with Crippen molar-refractivity contribution in [3.05, 3.63) is 28.1 Å². The van der Waals surface area contributed by atoms with Gasteiger partial charge in [-0.15, -0.1) is 22.7 Å². The minimum absolute atomic E-state index is 0.0924. The Balaban J connectivity index is 1.36. The van der Waals surface area contributed by atoms with E-state index in [0.29, 0.717) is 23.5 Å². The fraction of sp³-hybridized carbons (Fsp3) is 0.550. The number of carbonyl (C=O) groups is 2. The molecule has 0 aliphatic carbocycles. The van der Waals surface area contributed by atoms with Crippen LogP contribution in [-0.4, -0.2) is 60.6 Å². The van der Waals surface area contributed by atoms with Crippen LogP contribution in [0, 0.1) is 12.8 Å². The maximum atomic E-state index is 13.1. The van der Waals surface area contributed by atoms with Crippen LogP contribution in [0.4, 0.5) is 5.13 Å². The minimum Gasteiger partial charge on any atom is -0.339 e. The number of thiophene rings is 1. The van der Waals surface area contributed by atoms with E-state index in [-0.39, 0.29) is 35.0 Å². The summed E-state index contributed by atoms with van der Waals surface area (Å²) in [5.74, 6) is -0.447. The normalized spacial score (nSPS) is 18.8. The van der Waals surface area contributed by atoms with Gasteiger partial charge in [0.1, 0.15) is 4.21 Å². The fourth-order valence-corrected chi connectivity index (χ4v) is 7.41. The molecule has 2 aromatic rings. The Bertz CT molecular complexity index is 1050. The predicted molar refractivity (Wildman–Crippen MR) is 121 cm³/mol. The number of aryl methyl sites for hydroxylation is 1. The van der Waals surface area contributed by atoms with Crippen molar-refractivity contribution in [3.63, 3.8) is 0 Å².